The van der Waals surface area contributed by atoms with Gasteiger partial charge in [0, 0.05) is 30.6 Å². The minimum absolute atomic E-state index is 0.0971. The fraction of sp³-hybridized carbons (Fsp3) is 0.304. The molecule has 1 saturated heterocycles. The third-order valence-electron chi connectivity index (χ3n) is 5.40. The Hall–Kier alpha value is -2.93. The van der Waals surface area contributed by atoms with Gasteiger partial charge in [-0.05, 0) is 44.2 Å². The lowest BCUT2D eigenvalue weighted by Crippen LogP contribution is -2.48. The number of esters is 1. The van der Waals surface area contributed by atoms with Gasteiger partial charge in [-0.2, -0.15) is 17.5 Å². The van der Waals surface area contributed by atoms with Crippen LogP contribution in [0.25, 0.3) is 11.0 Å². The normalized spacial score (nSPS) is 19.4. The van der Waals surface area contributed by atoms with Gasteiger partial charge < -0.3 is 13.9 Å². The van der Waals surface area contributed by atoms with Crippen LogP contribution in [0.1, 0.15) is 29.8 Å². The first kappa shape index (κ1) is 26.1. The summed E-state index contributed by atoms with van der Waals surface area (Å²) in [6.45, 7) is 3.66. The topological polar surface area (TPSA) is 103 Å². The van der Waals surface area contributed by atoms with Crippen LogP contribution in [0.5, 0.6) is 5.75 Å². The van der Waals surface area contributed by atoms with E-state index in [2.05, 4.69) is 0 Å². The van der Waals surface area contributed by atoms with Gasteiger partial charge in [-0.1, -0.05) is 11.6 Å². The van der Waals surface area contributed by atoms with Crippen molar-refractivity contribution in [3.63, 3.8) is 0 Å². The summed E-state index contributed by atoms with van der Waals surface area (Å²) < 4.78 is 83.0. The third kappa shape index (κ3) is 5.26. The highest BCUT2D eigenvalue weighted by Gasteiger charge is 2.35. The first-order chi connectivity index (χ1) is 16.8. The Morgan fingerprint density at radius 3 is 2.39 bits per heavy atom. The molecular weight excluding hydrogens is 527 g/mol. The van der Waals surface area contributed by atoms with Gasteiger partial charge in [-0.25, -0.2) is 18.0 Å². The van der Waals surface area contributed by atoms with E-state index >= 15 is 0 Å². The Morgan fingerprint density at radius 1 is 1.08 bits per heavy atom. The standard InChI is InChI=1S/C23H19ClF3NO7S/c1-12-10-28(11-13(2)33-12)36(31,32)20-7-14(3-6-18(20)24)22(30)34-15-4-5-16-17(23(25,26)27)9-21(29)35-19(16)8-15/h3-9,12-13H,10-11H2,1-2H3/t12-,13-/m1/s1. The highest BCUT2D eigenvalue weighted by molar-refractivity contribution is 7.89. The van der Waals surface area contributed by atoms with E-state index in [0.29, 0.717) is 6.07 Å². The molecular formula is C23H19ClF3NO7S. The minimum atomic E-state index is -4.80. The molecule has 2 heterocycles. The second-order valence-electron chi connectivity index (χ2n) is 8.25. The van der Waals surface area contributed by atoms with E-state index in [1.54, 1.807) is 13.8 Å². The number of hydrogen-bond donors (Lipinski definition) is 0. The number of nitrogens with zero attached hydrogens (tertiary/aromatic N) is 1. The SMILES string of the molecule is C[C@@H]1CN(S(=O)(=O)c2cc(C(=O)Oc3ccc4c(C(F)(F)F)cc(=O)oc4c3)ccc2Cl)C[C@@H](C)O1. The van der Waals surface area contributed by atoms with Gasteiger partial charge in [-0.15, -0.1) is 0 Å². The maximum atomic E-state index is 13.2. The zero-order valence-corrected chi connectivity index (χ0v) is 20.4. The molecule has 192 valence electrons. The molecule has 2 atom stereocenters. The first-order valence-electron chi connectivity index (χ1n) is 10.6. The Bertz CT molecular complexity index is 1490. The van der Waals surface area contributed by atoms with Crippen LogP contribution in [0.4, 0.5) is 13.2 Å². The highest BCUT2D eigenvalue weighted by Crippen LogP contribution is 2.35. The molecule has 1 aromatic heterocycles. The number of benzene rings is 2. The Kier molecular flexibility index (Phi) is 6.90. The minimum Gasteiger partial charge on any atom is -0.423 e. The van der Waals surface area contributed by atoms with Gasteiger partial charge in [0.15, 0.2) is 0 Å². The van der Waals surface area contributed by atoms with Crippen molar-refractivity contribution < 1.29 is 40.3 Å². The van der Waals surface area contributed by atoms with Gasteiger partial charge in [0.25, 0.3) is 0 Å². The van der Waals surface area contributed by atoms with Crippen molar-refractivity contribution in [2.75, 3.05) is 13.1 Å². The summed E-state index contributed by atoms with van der Waals surface area (Å²) in [5.74, 6) is -1.22. The molecule has 0 aliphatic carbocycles. The second kappa shape index (κ2) is 9.51. The number of morpholine rings is 1. The molecule has 0 amide bonds. The molecule has 4 rings (SSSR count). The number of rotatable bonds is 4. The monoisotopic (exact) mass is 545 g/mol. The van der Waals surface area contributed by atoms with Crippen LogP contribution in [0.3, 0.4) is 0 Å². The number of alkyl halides is 3. The number of sulfonamides is 1. The van der Waals surface area contributed by atoms with E-state index in [-0.39, 0.29) is 46.5 Å². The predicted octanol–water partition coefficient (Wildman–Crippen LogP) is 4.48. The molecule has 1 aliphatic rings. The summed E-state index contributed by atoms with van der Waals surface area (Å²) in [5, 5.41) is -0.499. The largest absolute Gasteiger partial charge is 0.423 e. The average Bonchev–Trinajstić information content (AvgIpc) is 2.77. The fourth-order valence-electron chi connectivity index (χ4n) is 3.90. The van der Waals surface area contributed by atoms with E-state index in [4.69, 9.17) is 25.5 Å². The summed E-state index contributed by atoms with van der Waals surface area (Å²) in [7, 11) is -4.08. The molecule has 0 unspecified atom stereocenters. The Morgan fingerprint density at radius 2 is 1.75 bits per heavy atom. The first-order valence-corrected chi connectivity index (χ1v) is 12.4. The molecule has 8 nitrogen and oxygen atoms in total. The van der Waals surface area contributed by atoms with Crippen molar-refractivity contribution in [2.45, 2.75) is 37.1 Å². The number of ether oxygens (including phenoxy) is 2. The van der Waals surface area contributed by atoms with Gasteiger partial charge in [-0.3, -0.25) is 0 Å². The number of fused-ring (bicyclic) bond motifs is 1. The summed E-state index contributed by atoms with van der Waals surface area (Å²) in [5.41, 5.74) is -3.02. The van der Waals surface area contributed by atoms with Crippen molar-refractivity contribution in [3.05, 3.63) is 69.0 Å². The molecule has 0 radical (unpaired) electrons. The summed E-state index contributed by atoms with van der Waals surface area (Å²) in [6.07, 6.45) is -5.49. The van der Waals surface area contributed by atoms with Crippen LogP contribution < -0.4 is 10.4 Å². The van der Waals surface area contributed by atoms with Crippen molar-refractivity contribution >= 4 is 38.6 Å². The van der Waals surface area contributed by atoms with Crippen LogP contribution in [0.15, 0.2) is 56.6 Å². The van der Waals surface area contributed by atoms with Crippen molar-refractivity contribution in [1.82, 2.24) is 4.31 Å². The van der Waals surface area contributed by atoms with Gasteiger partial charge >= 0.3 is 17.8 Å². The van der Waals surface area contributed by atoms with E-state index in [1.165, 1.54) is 16.4 Å². The summed E-state index contributed by atoms with van der Waals surface area (Å²) in [4.78, 5) is 24.0. The maximum absolute atomic E-state index is 13.2. The fourth-order valence-corrected chi connectivity index (χ4v) is 5.99. The number of halogens is 4. The number of carbonyl (C=O) groups excluding carboxylic acids is 1. The van der Waals surface area contributed by atoms with Crippen molar-refractivity contribution in [3.8, 4) is 5.75 Å². The zero-order chi connectivity index (χ0) is 26.4. The molecule has 2 aromatic carbocycles. The average molecular weight is 546 g/mol. The highest BCUT2D eigenvalue weighted by atomic mass is 35.5. The molecule has 0 bridgehead atoms. The smallest absolute Gasteiger partial charge is 0.417 e. The molecule has 36 heavy (non-hydrogen) atoms. The van der Waals surface area contributed by atoms with Crippen LogP contribution in [0, 0.1) is 0 Å². The zero-order valence-electron chi connectivity index (χ0n) is 18.8. The molecule has 0 saturated carbocycles. The van der Waals surface area contributed by atoms with E-state index in [0.717, 1.165) is 24.3 Å². The number of carbonyl (C=O) groups is 1. The van der Waals surface area contributed by atoms with Crippen molar-refractivity contribution in [2.24, 2.45) is 0 Å². The van der Waals surface area contributed by atoms with E-state index < -0.39 is 44.3 Å². The lowest BCUT2D eigenvalue weighted by Gasteiger charge is -2.34. The van der Waals surface area contributed by atoms with E-state index in [1.807, 2.05) is 0 Å². The van der Waals surface area contributed by atoms with Crippen LogP contribution in [0.2, 0.25) is 5.02 Å². The maximum Gasteiger partial charge on any atom is 0.417 e. The lowest BCUT2D eigenvalue weighted by molar-refractivity contribution is -0.136. The van der Waals surface area contributed by atoms with Gasteiger partial charge in [0.05, 0.1) is 28.4 Å². The quantitative estimate of drug-likeness (QED) is 0.270. The Labute approximate surface area is 208 Å². The van der Waals surface area contributed by atoms with Crippen molar-refractivity contribution in [1.29, 1.82) is 0 Å². The van der Waals surface area contributed by atoms with Gasteiger partial charge in [0.2, 0.25) is 10.0 Å². The molecule has 0 spiro atoms. The summed E-state index contributed by atoms with van der Waals surface area (Å²) >= 11 is 6.15. The number of hydrogen-bond acceptors (Lipinski definition) is 7. The lowest BCUT2D eigenvalue weighted by atomic mass is 10.1. The predicted molar refractivity (Wildman–Crippen MR) is 123 cm³/mol. The molecule has 0 N–H and O–H groups in total. The van der Waals surface area contributed by atoms with Crippen LogP contribution in [-0.4, -0.2) is 44.0 Å². The second-order valence-corrected chi connectivity index (χ2v) is 10.6. The van der Waals surface area contributed by atoms with Gasteiger partial charge in [0.1, 0.15) is 16.2 Å². The van der Waals surface area contributed by atoms with E-state index in [9.17, 15) is 31.2 Å². The molecule has 3 aromatic rings. The Balaban J connectivity index is 1.64. The van der Waals surface area contributed by atoms with Crippen LogP contribution in [-0.2, 0) is 20.9 Å². The summed E-state index contributed by atoms with van der Waals surface area (Å²) in [6, 6.07) is 6.94. The molecule has 1 aliphatic heterocycles. The third-order valence-corrected chi connectivity index (χ3v) is 7.72. The van der Waals surface area contributed by atoms with Crippen LogP contribution >= 0.6 is 11.6 Å². The molecule has 13 heteroatoms. The molecule has 1 fully saturated rings.